The minimum atomic E-state index is -1.32. The number of fused-ring (bicyclic) bond motifs is 2. The fraction of sp³-hybridized carbons (Fsp3) is 0.455. The third kappa shape index (κ3) is 2.63. The average molecular weight is 414 g/mol. The van der Waals surface area contributed by atoms with E-state index >= 15 is 4.39 Å². The minimum absolute atomic E-state index is 0.0750. The van der Waals surface area contributed by atoms with E-state index in [1.165, 1.54) is 6.20 Å². The van der Waals surface area contributed by atoms with E-state index in [4.69, 9.17) is 0 Å². The van der Waals surface area contributed by atoms with Crippen molar-refractivity contribution in [2.45, 2.75) is 37.8 Å². The number of carboxylic acids is 1. The predicted molar refractivity (Wildman–Crippen MR) is 109 cm³/mol. The first-order valence-electron chi connectivity index (χ1n) is 10.1. The molecule has 0 bridgehead atoms. The number of carboxylic acid groups (broad SMARTS) is 1. The molecule has 158 valence electrons. The van der Waals surface area contributed by atoms with Gasteiger partial charge in [-0.1, -0.05) is 6.08 Å². The van der Waals surface area contributed by atoms with Gasteiger partial charge in [-0.15, -0.1) is 0 Å². The summed E-state index contributed by atoms with van der Waals surface area (Å²) in [4.78, 5) is 26.1. The molecular formula is C22H23FN2O5. The molecule has 1 saturated carbocycles. The lowest BCUT2D eigenvalue weighted by molar-refractivity contribution is -0.0344. The lowest BCUT2D eigenvalue weighted by Crippen LogP contribution is -2.40. The molecule has 0 radical (unpaired) electrons. The van der Waals surface area contributed by atoms with Crippen LogP contribution in [-0.4, -0.2) is 51.2 Å². The highest BCUT2D eigenvalue weighted by molar-refractivity contribution is 5.95. The number of pyridine rings is 1. The van der Waals surface area contributed by atoms with Gasteiger partial charge in [0.25, 0.3) is 0 Å². The molecule has 1 saturated heterocycles. The molecule has 2 aromatic rings. The molecule has 0 spiro atoms. The maximum atomic E-state index is 15.3. The number of aliphatic hydroxyl groups is 2. The molecule has 2 heterocycles. The Labute approximate surface area is 171 Å². The predicted octanol–water partition coefficient (Wildman–Crippen LogP) is 1.97. The van der Waals surface area contributed by atoms with Crippen LogP contribution in [0.3, 0.4) is 0 Å². The zero-order valence-corrected chi connectivity index (χ0v) is 16.6. The summed E-state index contributed by atoms with van der Waals surface area (Å²) in [7, 11) is 0. The largest absolute Gasteiger partial charge is 0.477 e. The topological polar surface area (TPSA) is 103 Å². The van der Waals surface area contributed by atoms with E-state index in [9.17, 15) is 24.9 Å². The van der Waals surface area contributed by atoms with Crippen LogP contribution in [0.15, 0.2) is 28.7 Å². The number of aromatic nitrogens is 1. The van der Waals surface area contributed by atoms with Crippen LogP contribution in [-0.2, 0) is 0 Å². The summed E-state index contributed by atoms with van der Waals surface area (Å²) in [5.41, 5.74) is 0.221. The van der Waals surface area contributed by atoms with Crippen molar-refractivity contribution in [2.75, 3.05) is 24.6 Å². The molecule has 30 heavy (non-hydrogen) atoms. The van der Waals surface area contributed by atoms with Crippen LogP contribution in [0.5, 0.6) is 0 Å². The molecule has 2 fully saturated rings. The van der Waals surface area contributed by atoms with Gasteiger partial charge >= 0.3 is 5.97 Å². The number of hydrogen-bond acceptors (Lipinski definition) is 5. The Morgan fingerprint density at radius 1 is 1.37 bits per heavy atom. The third-order valence-corrected chi connectivity index (χ3v) is 6.83. The Kier molecular flexibility index (Phi) is 4.10. The average Bonchev–Trinajstić information content (AvgIpc) is 3.38. The molecule has 2 aliphatic carbocycles. The summed E-state index contributed by atoms with van der Waals surface area (Å²) in [6, 6.07) is 1.25. The number of benzene rings is 1. The molecule has 1 aromatic heterocycles. The van der Waals surface area contributed by atoms with E-state index in [-0.39, 0.29) is 29.5 Å². The van der Waals surface area contributed by atoms with Crippen molar-refractivity contribution >= 4 is 22.6 Å². The van der Waals surface area contributed by atoms with E-state index < -0.39 is 22.8 Å². The Morgan fingerprint density at radius 2 is 2.10 bits per heavy atom. The Bertz CT molecular complexity index is 1180. The van der Waals surface area contributed by atoms with Gasteiger partial charge in [0, 0.05) is 36.6 Å². The summed E-state index contributed by atoms with van der Waals surface area (Å²) in [6.45, 7) is 2.20. The van der Waals surface area contributed by atoms with Crippen LogP contribution in [0, 0.1) is 18.7 Å². The highest BCUT2D eigenvalue weighted by Crippen LogP contribution is 2.45. The Hall–Kier alpha value is -2.71. The molecule has 7 nitrogen and oxygen atoms in total. The number of carbonyl (C=O) groups is 1. The molecule has 8 heteroatoms. The van der Waals surface area contributed by atoms with Gasteiger partial charge in [0.1, 0.15) is 11.4 Å². The highest BCUT2D eigenvalue weighted by Gasteiger charge is 2.47. The molecule has 2 unspecified atom stereocenters. The van der Waals surface area contributed by atoms with Crippen LogP contribution < -0.4 is 10.3 Å². The third-order valence-electron chi connectivity index (χ3n) is 6.83. The van der Waals surface area contributed by atoms with E-state index in [0.29, 0.717) is 36.3 Å². The standard InChI is InChI=1S/C22H23FN2O5/c1-11-18-14(20(27)15(21(28)29)8-25(18)13-2-3-13)6-17(23)19(11)24-7-12-4-5-22(30,10-26)16(12)9-24/h4,6,8,13,16,26,30H,2-3,5,7,9-10H2,1H3,(H,28,29). The molecule has 1 aromatic carbocycles. The van der Waals surface area contributed by atoms with E-state index in [0.717, 1.165) is 24.5 Å². The van der Waals surface area contributed by atoms with Crippen molar-refractivity contribution in [1.82, 2.24) is 4.57 Å². The van der Waals surface area contributed by atoms with Crippen molar-refractivity contribution in [3.63, 3.8) is 0 Å². The van der Waals surface area contributed by atoms with Gasteiger partial charge in [-0.3, -0.25) is 4.79 Å². The SMILES string of the molecule is Cc1c(N2CC3=CCC(O)(CO)C3C2)c(F)cc2c(=O)c(C(=O)O)cn(C3CC3)c12. The smallest absolute Gasteiger partial charge is 0.341 e. The number of anilines is 1. The number of rotatable bonds is 4. The van der Waals surface area contributed by atoms with Gasteiger partial charge in [0.2, 0.25) is 5.43 Å². The van der Waals surface area contributed by atoms with Gasteiger partial charge in [0.05, 0.1) is 23.4 Å². The molecule has 2 atom stereocenters. The normalized spacial score (nSPS) is 25.7. The minimum Gasteiger partial charge on any atom is -0.477 e. The second kappa shape index (κ2) is 6.39. The van der Waals surface area contributed by atoms with Crippen molar-refractivity contribution in [2.24, 2.45) is 5.92 Å². The molecule has 3 N–H and O–H groups in total. The maximum Gasteiger partial charge on any atom is 0.341 e. The fourth-order valence-corrected chi connectivity index (χ4v) is 5.10. The highest BCUT2D eigenvalue weighted by atomic mass is 19.1. The summed E-state index contributed by atoms with van der Waals surface area (Å²) in [5, 5.41) is 29.8. The molecule has 5 rings (SSSR count). The lowest BCUT2D eigenvalue weighted by atomic mass is 9.89. The van der Waals surface area contributed by atoms with Crippen LogP contribution in [0.1, 0.15) is 41.2 Å². The summed E-state index contributed by atoms with van der Waals surface area (Å²) < 4.78 is 17.1. The first kappa shape index (κ1) is 19.3. The lowest BCUT2D eigenvalue weighted by Gasteiger charge is -2.29. The first-order valence-corrected chi connectivity index (χ1v) is 10.1. The quantitative estimate of drug-likeness (QED) is 0.661. The molecule has 0 amide bonds. The molecule has 1 aliphatic heterocycles. The van der Waals surface area contributed by atoms with Crippen LogP contribution in [0.4, 0.5) is 10.1 Å². The number of aliphatic hydroxyl groups excluding tert-OH is 1. The number of hydrogen-bond donors (Lipinski definition) is 3. The number of nitrogens with zero attached hydrogens (tertiary/aromatic N) is 2. The van der Waals surface area contributed by atoms with Crippen molar-refractivity contribution in [3.8, 4) is 0 Å². The van der Waals surface area contributed by atoms with Gasteiger partial charge < -0.3 is 24.8 Å². The van der Waals surface area contributed by atoms with Gasteiger partial charge in [0.15, 0.2) is 0 Å². The summed E-state index contributed by atoms with van der Waals surface area (Å²) in [6.07, 6.45) is 5.44. The van der Waals surface area contributed by atoms with E-state index in [1.54, 1.807) is 11.5 Å². The number of aryl methyl sites for hydroxylation is 1. The zero-order chi connectivity index (χ0) is 21.4. The molecular weight excluding hydrogens is 391 g/mol. The second-order valence-electron chi connectivity index (χ2n) is 8.72. The monoisotopic (exact) mass is 414 g/mol. The van der Waals surface area contributed by atoms with Gasteiger partial charge in [-0.05, 0) is 43.4 Å². The fourth-order valence-electron chi connectivity index (χ4n) is 5.10. The van der Waals surface area contributed by atoms with Crippen LogP contribution in [0.25, 0.3) is 10.9 Å². The summed E-state index contributed by atoms with van der Waals surface area (Å²) >= 11 is 0. The van der Waals surface area contributed by atoms with Crippen molar-refractivity contribution in [3.05, 3.63) is 51.1 Å². The maximum absolute atomic E-state index is 15.3. The summed E-state index contributed by atoms with van der Waals surface area (Å²) in [5.74, 6) is -2.17. The Morgan fingerprint density at radius 3 is 2.73 bits per heavy atom. The van der Waals surface area contributed by atoms with Crippen molar-refractivity contribution in [1.29, 1.82) is 0 Å². The number of halogens is 1. The molecule has 3 aliphatic rings. The second-order valence-corrected chi connectivity index (χ2v) is 8.72. The van der Waals surface area contributed by atoms with Crippen LogP contribution >= 0.6 is 0 Å². The van der Waals surface area contributed by atoms with E-state index in [2.05, 4.69) is 0 Å². The zero-order valence-electron chi connectivity index (χ0n) is 16.6. The van der Waals surface area contributed by atoms with Crippen LogP contribution in [0.2, 0.25) is 0 Å². The van der Waals surface area contributed by atoms with Gasteiger partial charge in [-0.2, -0.15) is 0 Å². The number of aromatic carboxylic acids is 1. The van der Waals surface area contributed by atoms with Gasteiger partial charge in [-0.25, -0.2) is 9.18 Å². The van der Waals surface area contributed by atoms with Crippen molar-refractivity contribution < 1.29 is 24.5 Å². The van der Waals surface area contributed by atoms with E-state index in [1.807, 2.05) is 11.0 Å². The Balaban J connectivity index is 1.68. The first-order chi connectivity index (χ1) is 14.2.